The first kappa shape index (κ1) is 15.0. The number of amides is 1. The second-order valence-corrected chi connectivity index (χ2v) is 5.43. The van der Waals surface area contributed by atoms with Crippen LogP contribution in [0.3, 0.4) is 0 Å². The molecule has 1 amide bonds. The van der Waals surface area contributed by atoms with Gasteiger partial charge in [-0.2, -0.15) is 0 Å². The molecule has 0 unspecified atom stereocenters. The third-order valence-electron chi connectivity index (χ3n) is 2.62. The van der Waals surface area contributed by atoms with Gasteiger partial charge in [-0.1, -0.05) is 40.9 Å². The van der Waals surface area contributed by atoms with Crippen molar-refractivity contribution in [1.82, 2.24) is 0 Å². The maximum atomic E-state index is 11.9. The SMILES string of the molecule is Nc1ccc(NC(=O)Cc2ccc(Cl)c(Cl)c2)c(Cl)c1. The van der Waals surface area contributed by atoms with Crippen molar-refractivity contribution in [3.05, 3.63) is 57.0 Å². The number of nitrogen functional groups attached to an aromatic ring is 1. The molecule has 0 aliphatic heterocycles. The van der Waals surface area contributed by atoms with Gasteiger partial charge in [0.25, 0.3) is 0 Å². The molecule has 2 rings (SSSR count). The van der Waals surface area contributed by atoms with Crippen LogP contribution in [0.15, 0.2) is 36.4 Å². The molecular formula is C14H11Cl3N2O. The van der Waals surface area contributed by atoms with Gasteiger partial charge in [0.2, 0.25) is 5.91 Å². The van der Waals surface area contributed by atoms with Gasteiger partial charge in [-0.05, 0) is 35.9 Å². The molecule has 0 fully saturated rings. The summed E-state index contributed by atoms with van der Waals surface area (Å²) in [5.41, 5.74) is 7.41. The number of hydrogen-bond donors (Lipinski definition) is 2. The van der Waals surface area contributed by atoms with E-state index in [-0.39, 0.29) is 12.3 Å². The maximum absolute atomic E-state index is 11.9. The highest BCUT2D eigenvalue weighted by Crippen LogP contribution is 2.25. The molecule has 3 nitrogen and oxygen atoms in total. The van der Waals surface area contributed by atoms with Crippen LogP contribution in [-0.2, 0) is 11.2 Å². The first-order valence-corrected chi connectivity index (χ1v) is 6.88. The van der Waals surface area contributed by atoms with E-state index in [1.54, 1.807) is 36.4 Å². The Morgan fingerprint density at radius 2 is 1.75 bits per heavy atom. The van der Waals surface area contributed by atoms with Crippen LogP contribution < -0.4 is 11.1 Å². The second-order valence-electron chi connectivity index (χ2n) is 4.21. The van der Waals surface area contributed by atoms with Gasteiger partial charge in [0.05, 0.1) is 27.2 Å². The van der Waals surface area contributed by atoms with Crippen molar-refractivity contribution >= 4 is 52.1 Å². The number of benzene rings is 2. The van der Waals surface area contributed by atoms with Crippen molar-refractivity contribution in [2.24, 2.45) is 0 Å². The summed E-state index contributed by atoms with van der Waals surface area (Å²) in [6.07, 6.45) is 0.178. The third-order valence-corrected chi connectivity index (χ3v) is 3.67. The monoisotopic (exact) mass is 328 g/mol. The molecule has 0 bridgehead atoms. The van der Waals surface area contributed by atoms with E-state index >= 15 is 0 Å². The number of hydrogen-bond acceptors (Lipinski definition) is 2. The van der Waals surface area contributed by atoms with Crippen LogP contribution in [0.1, 0.15) is 5.56 Å². The summed E-state index contributed by atoms with van der Waals surface area (Å²) in [6, 6.07) is 9.97. The van der Waals surface area contributed by atoms with E-state index in [9.17, 15) is 4.79 Å². The first-order valence-electron chi connectivity index (χ1n) is 5.74. The highest BCUT2D eigenvalue weighted by molar-refractivity contribution is 6.42. The minimum Gasteiger partial charge on any atom is -0.399 e. The summed E-state index contributed by atoms with van der Waals surface area (Å²) in [5.74, 6) is -0.199. The van der Waals surface area contributed by atoms with Gasteiger partial charge in [-0.25, -0.2) is 0 Å². The predicted octanol–water partition coefficient (Wildman–Crippen LogP) is 4.41. The van der Waals surface area contributed by atoms with Gasteiger partial charge < -0.3 is 11.1 Å². The Morgan fingerprint density at radius 1 is 1.00 bits per heavy atom. The minimum atomic E-state index is -0.199. The lowest BCUT2D eigenvalue weighted by Gasteiger charge is -2.08. The minimum absolute atomic E-state index is 0.178. The van der Waals surface area contributed by atoms with Crippen molar-refractivity contribution in [2.45, 2.75) is 6.42 Å². The van der Waals surface area contributed by atoms with Crippen molar-refractivity contribution in [2.75, 3.05) is 11.1 Å². The Morgan fingerprint density at radius 3 is 2.40 bits per heavy atom. The van der Waals surface area contributed by atoms with Gasteiger partial charge in [0.1, 0.15) is 0 Å². The summed E-state index contributed by atoms with van der Waals surface area (Å²) in [7, 11) is 0. The molecule has 0 aliphatic rings. The van der Waals surface area contributed by atoms with Gasteiger partial charge in [0.15, 0.2) is 0 Å². The highest BCUT2D eigenvalue weighted by atomic mass is 35.5. The molecule has 0 saturated heterocycles. The van der Waals surface area contributed by atoms with Gasteiger partial charge in [-0.15, -0.1) is 0 Å². The number of rotatable bonds is 3. The Balaban J connectivity index is 2.07. The third kappa shape index (κ3) is 3.79. The Kier molecular flexibility index (Phi) is 4.76. The fraction of sp³-hybridized carbons (Fsp3) is 0.0714. The Labute approximate surface area is 131 Å². The standard InChI is InChI=1S/C14H11Cl3N2O/c15-10-3-1-8(5-11(10)16)6-14(20)19-13-4-2-9(18)7-12(13)17/h1-5,7H,6,18H2,(H,19,20). The molecule has 104 valence electrons. The zero-order chi connectivity index (χ0) is 14.7. The number of carbonyl (C=O) groups excluding carboxylic acids is 1. The molecule has 20 heavy (non-hydrogen) atoms. The number of halogens is 3. The molecule has 0 aromatic heterocycles. The fourth-order valence-electron chi connectivity index (χ4n) is 1.66. The van der Waals surface area contributed by atoms with Crippen molar-refractivity contribution < 1.29 is 4.79 Å². The van der Waals surface area contributed by atoms with Crippen LogP contribution in [0.25, 0.3) is 0 Å². The summed E-state index contributed by atoms with van der Waals surface area (Å²) < 4.78 is 0. The molecular weight excluding hydrogens is 319 g/mol. The Hall–Kier alpha value is -1.42. The highest BCUT2D eigenvalue weighted by Gasteiger charge is 2.08. The molecule has 0 radical (unpaired) electrons. The van der Waals surface area contributed by atoms with E-state index in [2.05, 4.69) is 5.32 Å². The average Bonchev–Trinajstić information content (AvgIpc) is 2.37. The van der Waals surface area contributed by atoms with Gasteiger partial charge in [-0.3, -0.25) is 4.79 Å². The lowest BCUT2D eigenvalue weighted by Crippen LogP contribution is -2.14. The zero-order valence-corrected chi connectivity index (χ0v) is 12.6. The Bertz CT molecular complexity index is 659. The van der Waals surface area contributed by atoms with Gasteiger partial charge in [0, 0.05) is 5.69 Å². The van der Waals surface area contributed by atoms with Gasteiger partial charge >= 0.3 is 0 Å². The topological polar surface area (TPSA) is 55.1 Å². The predicted molar refractivity (Wildman–Crippen MR) is 84.7 cm³/mol. The molecule has 0 aliphatic carbocycles. The van der Waals surface area contributed by atoms with Crippen LogP contribution >= 0.6 is 34.8 Å². The van der Waals surface area contributed by atoms with E-state index in [4.69, 9.17) is 40.5 Å². The van der Waals surface area contributed by atoms with E-state index in [1.165, 1.54) is 0 Å². The molecule has 0 atom stereocenters. The smallest absolute Gasteiger partial charge is 0.228 e. The molecule has 2 aromatic rings. The van der Waals surface area contributed by atoms with Crippen LogP contribution in [0, 0.1) is 0 Å². The molecule has 2 aromatic carbocycles. The van der Waals surface area contributed by atoms with E-state index in [0.29, 0.717) is 26.4 Å². The van der Waals surface area contributed by atoms with E-state index in [1.807, 2.05) is 0 Å². The quantitative estimate of drug-likeness (QED) is 0.819. The molecule has 0 saturated carbocycles. The lowest BCUT2D eigenvalue weighted by molar-refractivity contribution is -0.115. The van der Waals surface area contributed by atoms with E-state index in [0.717, 1.165) is 5.56 Å². The number of anilines is 2. The normalized spacial score (nSPS) is 10.3. The number of nitrogens with two attached hydrogens (primary N) is 1. The van der Waals surface area contributed by atoms with Crippen LogP contribution in [0.5, 0.6) is 0 Å². The van der Waals surface area contributed by atoms with Crippen LogP contribution in [0.2, 0.25) is 15.1 Å². The average molecular weight is 330 g/mol. The summed E-state index contributed by atoms with van der Waals surface area (Å²) >= 11 is 17.7. The molecule has 3 N–H and O–H groups in total. The van der Waals surface area contributed by atoms with Crippen LogP contribution in [0.4, 0.5) is 11.4 Å². The van der Waals surface area contributed by atoms with Crippen molar-refractivity contribution in [3.8, 4) is 0 Å². The molecule has 0 heterocycles. The number of nitrogens with one attached hydrogen (secondary N) is 1. The fourth-order valence-corrected chi connectivity index (χ4v) is 2.22. The largest absolute Gasteiger partial charge is 0.399 e. The molecule has 6 heteroatoms. The first-order chi connectivity index (χ1) is 9.45. The van der Waals surface area contributed by atoms with E-state index < -0.39 is 0 Å². The zero-order valence-electron chi connectivity index (χ0n) is 10.3. The van der Waals surface area contributed by atoms with Crippen molar-refractivity contribution in [3.63, 3.8) is 0 Å². The molecule has 0 spiro atoms. The summed E-state index contributed by atoms with van der Waals surface area (Å²) in [5, 5.41) is 3.99. The van der Waals surface area contributed by atoms with Crippen molar-refractivity contribution in [1.29, 1.82) is 0 Å². The lowest BCUT2D eigenvalue weighted by atomic mass is 10.1. The second kappa shape index (κ2) is 6.35. The number of carbonyl (C=O) groups is 1. The summed E-state index contributed by atoms with van der Waals surface area (Å²) in [4.78, 5) is 11.9. The van der Waals surface area contributed by atoms with Crippen LogP contribution in [-0.4, -0.2) is 5.91 Å². The summed E-state index contributed by atoms with van der Waals surface area (Å²) in [6.45, 7) is 0. The maximum Gasteiger partial charge on any atom is 0.228 e.